The number of aromatic nitrogens is 4. The molecule has 0 fully saturated rings. The first-order valence-corrected chi connectivity index (χ1v) is 8.61. The van der Waals surface area contributed by atoms with Crippen LogP contribution < -0.4 is 0 Å². The number of H-pyrrole nitrogens is 1. The van der Waals surface area contributed by atoms with Gasteiger partial charge in [0.2, 0.25) is 0 Å². The van der Waals surface area contributed by atoms with Gasteiger partial charge in [-0.3, -0.25) is 10.00 Å². The average Bonchev–Trinajstić information content (AvgIpc) is 3.20. The zero-order valence-electron chi connectivity index (χ0n) is 14.3. The molecule has 0 aliphatic rings. The highest BCUT2D eigenvalue weighted by Gasteiger charge is 2.20. The van der Waals surface area contributed by atoms with Crippen LogP contribution in [-0.2, 0) is 4.74 Å². The van der Waals surface area contributed by atoms with Crippen LogP contribution in [0.15, 0.2) is 6.33 Å². The normalized spacial score (nSPS) is 11.9. The largest absolute Gasteiger partial charge is 0.445 e. The van der Waals surface area contributed by atoms with Gasteiger partial charge in [-0.05, 0) is 26.9 Å². The molecule has 0 saturated heterocycles. The molecule has 0 aliphatic carbocycles. The van der Waals surface area contributed by atoms with Crippen LogP contribution >= 0.6 is 11.3 Å². The summed E-state index contributed by atoms with van der Waals surface area (Å²) >= 11 is 1.23. The Hall–Kier alpha value is -2.24. The summed E-state index contributed by atoms with van der Waals surface area (Å²) in [6.07, 6.45) is 0.931. The van der Waals surface area contributed by atoms with Crippen LogP contribution in [0.5, 0.6) is 0 Å². The molecule has 0 amide bonds. The fraction of sp³-hybridized carbons (Fsp3) is 0.500. The summed E-state index contributed by atoms with van der Waals surface area (Å²) in [6, 6.07) is 0. The lowest BCUT2D eigenvalue weighted by Crippen LogP contribution is -2.23. The first kappa shape index (κ1) is 18.1. The number of esters is 1. The van der Waals surface area contributed by atoms with E-state index in [1.807, 2.05) is 0 Å². The molecule has 2 aromatic rings. The number of nitrogens with zero attached hydrogens (tertiary/aromatic N) is 4. The van der Waals surface area contributed by atoms with Crippen LogP contribution in [0.3, 0.4) is 0 Å². The van der Waals surface area contributed by atoms with Gasteiger partial charge in [0.1, 0.15) is 11.2 Å². The second-order valence-corrected chi connectivity index (χ2v) is 6.10. The lowest BCUT2D eigenvalue weighted by atomic mass is 10.3. The smallest absolute Gasteiger partial charge is 0.351 e. The average molecular weight is 347 g/mol. The van der Waals surface area contributed by atoms with Gasteiger partial charge < -0.3 is 4.74 Å². The standard InChI is InChI=1S/C16H21N5O2S/c1-5-21(6-2)9-7-8-11(3)23-16(22)13-12(4)19-15(24-13)14-17-10-18-20-14/h10-11H,5-6,9H2,1-4H3,(H,17,18,20)/t11-/m1/s1. The van der Waals surface area contributed by atoms with E-state index in [0.29, 0.717) is 27.9 Å². The zero-order chi connectivity index (χ0) is 17.5. The van der Waals surface area contributed by atoms with Crippen LogP contribution in [0, 0.1) is 18.8 Å². The van der Waals surface area contributed by atoms with Crippen molar-refractivity contribution in [1.82, 2.24) is 25.1 Å². The van der Waals surface area contributed by atoms with E-state index in [-0.39, 0.29) is 0 Å². The molecule has 0 aliphatic heterocycles. The fourth-order valence-electron chi connectivity index (χ4n) is 1.99. The Morgan fingerprint density at radius 3 is 2.83 bits per heavy atom. The van der Waals surface area contributed by atoms with Crippen LogP contribution in [0.2, 0.25) is 0 Å². The maximum Gasteiger partial charge on any atom is 0.351 e. The molecule has 0 saturated carbocycles. The molecule has 0 bridgehead atoms. The summed E-state index contributed by atoms with van der Waals surface area (Å²) in [6.45, 7) is 10.3. The fourth-order valence-corrected chi connectivity index (χ4v) is 2.88. The van der Waals surface area contributed by atoms with E-state index in [1.165, 1.54) is 17.7 Å². The lowest BCUT2D eigenvalue weighted by Gasteiger charge is -2.13. The molecule has 0 aromatic carbocycles. The number of aromatic amines is 1. The Balaban J connectivity index is 1.98. The molecular formula is C16H21N5O2S. The highest BCUT2D eigenvalue weighted by Crippen LogP contribution is 2.25. The van der Waals surface area contributed by atoms with Crippen LogP contribution in [-0.4, -0.2) is 56.8 Å². The van der Waals surface area contributed by atoms with Gasteiger partial charge in [-0.15, -0.1) is 11.3 Å². The summed E-state index contributed by atoms with van der Waals surface area (Å²) in [5, 5.41) is 7.12. The van der Waals surface area contributed by atoms with E-state index >= 15 is 0 Å². The van der Waals surface area contributed by atoms with Crippen molar-refractivity contribution in [2.24, 2.45) is 0 Å². The summed E-state index contributed by atoms with van der Waals surface area (Å²) in [5.41, 5.74) is 0.611. The number of aryl methyl sites for hydroxylation is 1. The van der Waals surface area contributed by atoms with Crippen molar-refractivity contribution in [2.45, 2.75) is 33.8 Å². The monoisotopic (exact) mass is 347 g/mol. The van der Waals surface area contributed by atoms with E-state index in [1.54, 1.807) is 13.8 Å². The predicted molar refractivity (Wildman–Crippen MR) is 92.7 cm³/mol. The minimum atomic E-state index is -0.469. The summed E-state index contributed by atoms with van der Waals surface area (Å²) < 4.78 is 5.39. The van der Waals surface area contributed by atoms with Gasteiger partial charge >= 0.3 is 5.97 Å². The molecule has 0 radical (unpaired) electrons. The molecule has 7 nitrogen and oxygen atoms in total. The summed E-state index contributed by atoms with van der Waals surface area (Å²) in [5.74, 6) is 6.13. The van der Waals surface area contributed by atoms with Gasteiger partial charge in [-0.2, -0.15) is 5.10 Å². The SMILES string of the molecule is CCN(CC)CC#C[C@@H](C)OC(=O)c1sc(-c2ncn[nH]2)nc1C. The van der Waals surface area contributed by atoms with E-state index in [2.05, 4.69) is 50.8 Å². The molecule has 2 aromatic heterocycles. The number of carbonyl (C=O) groups is 1. The molecule has 128 valence electrons. The number of thiazole rings is 1. The quantitative estimate of drug-likeness (QED) is 0.636. The van der Waals surface area contributed by atoms with Gasteiger partial charge in [0.25, 0.3) is 0 Å². The van der Waals surface area contributed by atoms with Gasteiger partial charge in [0.05, 0.1) is 12.2 Å². The molecule has 1 N–H and O–H groups in total. The molecule has 2 rings (SSSR count). The third-order valence-electron chi connectivity index (χ3n) is 3.39. The summed E-state index contributed by atoms with van der Waals surface area (Å²) in [7, 11) is 0. The number of rotatable bonds is 6. The van der Waals surface area contributed by atoms with Gasteiger partial charge in [0.15, 0.2) is 16.9 Å². The van der Waals surface area contributed by atoms with Crippen molar-refractivity contribution in [3.8, 4) is 22.7 Å². The van der Waals surface area contributed by atoms with Crippen molar-refractivity contribution in [2.75, 3.05) is 19.6 Å². The topological polar surface area (TPSA) is 84.0 Å². The zero-order valence-corrected chi connectivity index (χ0v) is 15.1. The highest BCUT2D eigenvalue weighted by atomic mass is 32.1. The summed E-state index contributed by atoms with van der Waals surface area (Å²) in [4.78, 5) is 23.3. The minimum Gasteiger partial charge on any atom is -0.445 e. The van der Waals surface area contributed by atoms with Crippen molar-refractivity contribution in [3.05, 3.63) is 16.9 Å². The van der Waals surface area contributed by atoms with Crippen molar-refractivity contribution in [3.63, 3.8) is 0 Å². The van der Waals surface area contributed by atoms with Crippen LogP contribution in [0.25, 0.3) is 10.8 Å². The van der Waals surface area contributed by atoms with Gasteiger partial charge in [0, 0.05) is 0 Å². The molecule has 0 spiro atoms. The molecule has 0 unspecified atom stereocenters. The van der Waals surface area contributed by atoms with E-state index in [0.717, 1.165) is 13.1 Å². The number of hydrogen-bond acceptors (Lipinski definition) is 7. The third kappa shape index (κ3) is 4.63. The van der Waals surface area contributed by atoms with E-state index < -0.39 is 12.1 Å². The van der Waals surface area contributed by atoms with Crippen molar-refractivity contribution in [1.29, 1.82) is 0 Å². The Morgan fingerprint density at radius 2 is 2.21 bits per heavy atom. The van der Waals surface area contributed by atoms with E-state index in [9.17, 15) is 4.79 Å². The molecule has 2 heterocycles. The number of hydrogen-bond donors (Lipinski definition) is 1. The third-order valence-corrected chi connectivity index (χ3v) is 4.53. The first-order chi connectivity index (χ1) is 11.5. The lowest BCUT2D eigenvalue weighted by molar-refractivity contribution is 0.0443. The van der Waals surface area contributed by atoms with Gasteiger partial charge in [-0.25, -0.2) is 14.8 Å². The Morgan fingerprint density at radius 1 is 1.46 bits per heavy atom. The Kier molecular flexibility index (Phi) is 6.46. The van der Waals surface area contributed by atoms with Crippen LogP contribution in [0.1, 0.15) is 36.1 Å². The van der Waals surface area contributed by atoms with Crippen molar-refractivity contribution < 1.29 is 9.53 Å². The minimum absolute atomic E-state index is 0.416. The van der Waals surface area contributed by atoms with E-state index in [4.69, 9.17) is 4.74 Å². The van der Waals surface area contributed by atoms with Gasteiger partial charge in [-0.1, -0.05) is 25.7 Å². The molecule has 24 heavy (non-hydrogen) atoms. The Labute approximate surface area is 145 Å². The predicted octanol–water partition coefficient (Wildman–Crippen LogP) is 2.13. The Bertz CT molecular complexity index is 725. The molecule has 8 heteroatoms. The highest BCUT2D eigenvalue weighted by molar-refractivity contribution is 7.16. The second kappa shape index (κ2) is 8.57. The van der Waals surface area contributed by atoms with Crippen LogP contribution in [0.4, 0.5) is 0 Å². The maximum absolute atomic E-state index is 12.3. The second-order valence-electron chi connectivity index (χ2n) is 5.10. The number of ether oxygens (including phenoxy) is 1. The molecular weight excluding hydrogens is 326 g/mol. The van der Waals surface area contributed by atoms with Crippen molar-refractivity contribution >= 4 is 17.3 Å². The first-order valence-electron chi connectivity index (χ1n) is 7.80. The number of carbonyl (C=O) groups excluding carboxylic acids is 1. The molecule has 1 atom stereocenters. The number of nitrogens with one attached hydrogen (secondary N) is 1. The maximum atomic E-state index is 12.3.